The monoisotopic (exact) mass is 257 g/mol. The molecule has 5 heteroatoms. The van der Waals surface area contributed by atoms with Crippen LogP contribution in [-0.4, -0.2) is 54.2 Å². The zero-order valence-electron chi connectivity index (χ0n) is 12.3. The van der Waals surface area contributed by atoms with Gasteiger partial charge in [-0.15, -0.1) is 0 Å². The van der Waals surface area contributed by atoms with Gasteiger partial charge in [-0.1, -0.05) is 0 Å². The van der Waals surface area contributed by atoms with Crippen molar-refractivity contribution in [2.75, 3.05) is 26.7 Å². The van der Waals surface area contributed by atoms with Gasteiger partial charge in [-0.25, -0.2) is 10.3 Å². The Bertz CT molecular complexity index is 268. The number of hydrogen-bond acceptors (Lipinski definition) is 3. The zero-order valence-corrected chi connectivity index (χ0v) is 12.3. The molecule has 18 heavy (non-hydrogen) atoms. The fourth-order valence-electron chi connectivity index (χ4n) is 2.21. The van der Waals surface area contributed by atoms with Crippen LogP contribution in [0.25, 0.3) is 0 Å². The first-order valence-corrected chi connectivity index (χ1v) is 6.76. The predicted octanol–water partition coefficient (Wildman–Crippen LogP) is 1.84. The molecule has 0 radical (unpaired) electrons. The third-order valence-corrected chi connectivity index (χ3v) is 3.35. The van der Waals surface area contributed by atoms with Gasteiger partial charge in [0.05, 0.1) is 6.10 Å². The van der Waals surface area contributed by atoms with Crippen LogP contribution < -0.4 is 5.48 Å². The van der Waals surface area contributed by atoms with Crippen molar-refractivity contribution >= 4 is 6.03 Å². The van der Waals surface area contributed by atoms with E-state index in [-0.39, 0.29) is 17.7 Å². The molecule has 2 amide bonds. The molecule has 1 aliphatic heterocycles. The van der Waals surface area contributed by atoms with Crippen molar-refractivity contribution < 1.29 is 9.63 Å². The molecule has 5 nitrogen and oxygen atoms in total. The van der Waals surface area contributed by atoms with E-state index in [0.717, 1.165) is 25.9 Å². The van der Waals surface area contributed by atoms with E-state index in [0.29, 0.717) is 6.54 Å². The molecule has 0 aromatic heterocycles. The maximum Gasteiger partial charge on any atom is 0.341 e. The highest BCUT2D eigenvalue weighted by Gasteiger charge is 2.26. The summed E-state index contributed by atoms with van der Waals surface area (Å²) >= 11 is 0. The van der Waals surface area contributed by atoms with E-state index in [1.54, 1.807) is 4.90 Å². The lowest BCUT2D eigenvalue weighted by Gasteiger charge is -2.35. The van der Waals surface area contributed by atoms with Gasteiger partial charge in [-0.05, 0) is 47.6 Å². The minimum atomic E-state index is -0.186. The van der Waals surface area contributed by atoms with Crippen LogP contribution in [0, 0.1) is 0 Å². The predicted molar refractivity (Wildman–Crippen MR) is 72.3 cm³/mol. The van der Waals surface area contributed by atoms with Crippen LogP contribution >= 0.6 is 0 Å². The van der Waals surface area contributed by atoms with Gasteiger partial charge in [0, 0.05) is 25.2 Å². The van der Waals surface area contributed by atoms with Crippen LogP contribution in [0.4, 0.5) is 4.79 Å². The molecule has 0 unspecified atom stereocenters. The molecule has 1 rings (SSSR count). The minimum Gasteiger partial charge on any atom is -0.318 e. The lowest BCUT2D eigenvalue weighted by molar-refractivity contribution is -0.0422. The van der Waals surface area contributed by atoms with Gasteiger partial charge in [-0.3, -0.25) is 4.84 Å². The number of carbonyl (C=O) groups is 1. The average Bonchev–Trinajstić information content (AvgIpc) is 2.27. The summed E-state index contributed by atoms with van der Waals surface area (Å²) in [5.41, 5.74) is 2.41. The Morgan fingerprint density at radius 1 is 1.39 bits per heavy atom. The van der Waals surface area contributed by atoms with Crippen LogP contribution in [0.1, 0.15) is 40.5 Å². The van der Waals surface area contributed by atoms with Crippen LogP contribution in [0.2, 0.25) is 0 Å². The number of piperidine rings is 1. The zero-order chi connectivity index (χ0) is 13.8. The Balaban J connectivity index is 2.36. The Morgan fingerprint density at radius 2 is 1.94 bits per heavy atom. The van der Waals surface area contributed by atoms with Gasteiger partial charge in [0.2, 0.25) is 0 Å². The summed E-state index contributed by atoms with van der Waals surface area (Å²) in [5.74, 6) is 0. The number of hydroxylamine groups is 1. The second-order valence-electron chi connectivity index (χ2n) is 5.94. The number of hydrogen-bond donors (Lipinski definition) is 1. The molecule has 0 aliphatic carbocycles. The van der Waals surface area contributed by atoms with E-state index in [2.05, 4.69) is 17.4 Å². The lowest BCUT2D eigenvalue weighted by Crippen LogP contribution is -2.51. The van der Waals surface area contributed by atoms with Crippen LogP contribution in [0.5, 0.6) is 0 Å². The van der Waals surface area contributed by atoms with Gasteiger partial charge in [0.25, 0.3) is 0 Å². The van der Waals surface area contributed by atoms with Crippen LogP contribution in [0.3, 0.4) is 0 Å². The van der Waals surface area contributed by atoms with Crippen molar-refractivity contribution in [1.29, 1.82) is 0 Å². The fraction of sp³-hybridized carbons (Fsp3) is 0.923. The van der Waals surface area contributed by atoms with Gasteiger partial charge >= 0.3 is 6.03 Å². The number of nitrogens with zero attached hydrogens (tertiary/aromatic N) is 2. The van der Waals surface area contributed by atoms with E-state index < -0.39 is 0 Å². The van der Waals surface area contributed by atoms with Crippen molar-refractivity contribution in [2.24, 2.45) is 0 Å². The molecule has 0 spiro atoms. The van der Waals surface area contributed by atoms with Gasteiger partial charge < -0.3 is 9.80 Å². The molecule has 0 saturated carbocycles. The number of nitrogens with one attached hydrogen (secondary N) is 1. The van der Waals surface area contributed by atoms with E-state index in [4.69, 9.17) is 4.84 Å². The molecular weight excluding hydrogens is 230 g/mol. The maximum atomic E-state index is 12.0. The number of carbonyl (C=O) groups excluding carboxylic acids is 1. The van der Waals surface area contributed by atoms with Crippen molar-refractivity contribution in [3.05, 3.63) is 0 Å². The number of likely N-dealkylation sites (tertiary alicyclic amines) is 1. The van der Waals surface area contributed by atoms with E-state index >= 15 is 0 Å². The number of amides is 2. The van der Waals surface area contributed by atoms with Crippen molar-refractivity contribution in [3.63, 3.8) is 0 Å². The molecule has 1 fully saturated rings. The standard InChI is InChI=1S/C13H27N3O2/c1-6-16(13(2,3)4)12(17)14-18-11-7-9-15(5)10-8-11/h11H,6-10H2,1-5H3,(H,14,17). The highest BCUT2D eigenvalue weighted by molar-refractivity contribution is 5.73. The fourth-order valence-corrected chi connectivity index (χ4v) is 2.21. The largest absolute Gasteiger partial charge is 0.341 e. The average molecular weight is 257 g/mol. The van der Waals surface area contributed by atoms with Crippen molar-refractivity contribution in [1.82, 2.24) is 15.3 Å². The second-order valence-corrected chi connectivity index (χ2v) is 5.94. The molecule has 0 aromatic carbocycles. The van der Waals surface area contributed by atoms with E-state index in [9.17, 15) is 4.79 Å². The Kier molecular flexibility index (Phi) is 5.41. The lowest BCUT2D eigenvalue weighted by atomic mass is 10.1. The SMILES string of the molecule is CCN(C(=O)NOC1CCN(C)CC1)C(C)(C)C. The van der Waals surface area contributed by atoms with Crippen LogP contribution in [-0.2, 0) is 4.84 Å². The minimum absolute atomic E-state index is 0.142. The Labute approximate surface area is 110 Å². The van der Waals surface area contributed by atoms with Gasteiger partial charge in [0.15, 0.2) is 0 Å². The molecule has 0 aromatic rings. The molecule has 0 atom stereocenters. The quantitative estimate of drug-likeness (QED) is 0.785. The van der Waals surface area contributed by atoms with Crippen molar-refractivity contribution in [2.45, 2.75) is 52.2 Å². The highest BCUT2D eigenvalue weighted by atomic mass is 16.7. The number of rotatable bonds is 3. The van der Waals surface area contributed by atoms with E-state index in [1.807, 2.05) is 27.7 Å². The summed E-state index contributed by atoms with van der Waals surface area (Å²) in [5, 5.41) is 0. The third-order valence-electron chi connectivity index (χ3n) is 3.35. The number of urea groups is 1. The van der Waals surface area contributed by atoms with Gasteiger partial charge in [-0.2, -0.15) is 0 Å². The first kappa shape index (κ1) is 15.2. The van der Waals surface area contributed by atoms with Gasteiger partial charge in [0.1, 0.15) is 0 Å². The molecule has 0 bridgehead atoms. The normalized spacial score (nSPS) is 18.7. The second kappa shape index (κ2) is 6.38. The molecular formula is C13H27N3O2. The van der Waals surface area contributed by atoms with Crippen molar-refractivity contribution in [3.8, 4) is 0 Å². The highest BCUT2D eigenvalue weighted by Crippen LogP contribution is 2.14. The Morgan fingerprint density at radius 3 is 2.39 bits per heavy atom. The third kappa shape index (κ3) is 4.46. The first-order chi connectivity index (χ1) is 8.34. The smallest absolute Gasteiger partial charge is 0.318 e. The summed E-state index contributed by atoms with van der Waals surface area (Å²) in [4.78, 5) is 21.5. The molecule has 1 N–H and O–H groups in total. The summed E-state index contributed by atoms with van der Waals surface area (Å²) < 4.78 is 0. The molecule has 1 aliphatic rings. The first-order valence-electron chi connectivity index (χ1n) is 6.76. The maximum absolute atomic E-state index is 12.0. The summed E-state index contributed by atoms with van der Waals surface area (Å²) in [7, 11) is 2.10. The molecule has 1 saturated heterocycles. The summed E-state index contributed by atoms with van der Waals surface area (Å²) in [6, 6.07) is -0.149. The summed E-state index contributed by atoms with van der Waals surface area (Å²) in [6.45, 7) is 10.8. The molecule has 1 heterocycles. The Hall–Kier alpha value is -0.810. The summed E-state index contributed by atoms with van der Waals surface area (Å²) in [6.07, 6.45) is 2.08. The molecule has 106 valence electrons. The van der Waals surface area contributed by atoms with E-state index in [1.165, 1.54) is 0 Å². The topological polar surface area (TPSA) is 44.8 Å². The van der Waals surface area contributed by atoms with Crippen LogP contribution in [0.15, 0.2) is 0 Å².